The summed E-state index contributed by atoms with van der Waals surface area (Å²) in [5.74, 6) is -0.987. The predicted octanol–water partition coefficient (Wildman–Crippen LogP) is 4.53. The first-order valence-electron chi connectivity index (χ1n) is 8.20. The normalized spacial score (nSPS) is 11.0. The minimum atomic E-state index is -0.987. The lowest BCUT2D eigenvalue weighted by molar-refractivity contribution is 0.0691. The van der Waals surface area contributed by atoms with Crippen LogP contribution >= 0.6 is 11.3 Å². The number of hydrogen-bond acceptors (Lipinski definition) is 4. The Morgan fingerprint density at radius 3 is 2.24 bits per heavy atom. The minimum absolute atomic E-state index is 0.101. The zero-order valence-electron chi connectivity index (χ0n) is 14.1. The number of benzene rings is 2. The zero-order chi connectivity index (χ0) is 17.6. The van der Waals surface area contributed by atoms with Gasteiger partial charge in [-0.2, -0.15) is 0 Å². The third-order valence-corrected chi connectivity index (χ3v) is 4.92. The fourth-order valence-electron chi connectivity index (χ4n) is 2.64. The zero-order valence-corrected chi connectivity index (χ0v) is 14.9. The molecule has 0 amide bonds. The summed E-state index contributed by atoms with van der Waals surface area (Å²) in [6.07, 6.45) is 0. The van der Waals surface area contributed by atoms with Gasteiger partial charge in [-0.3, -0.25) is 4.90 Å². The average molecular weight is 352 g/mol. The van der Waals surface area contributed by atoms with E-state index in [9.17, 15) is 4.79 Å². The smallest absolute Gasteiger partial charge is 0.355 e. The molecule has 1 N–H and O–H groups in total. The molecule has 128 valence electrons. The molecular weight excluding hydrogens is 332 g/mol. The van der Waals surface area contributed by atoms with Crippen molar-refractivity contribution in [2.24, 2.45) is 0 Å². The third kappa shape index (κ3) is 4.53. The van der Waals surface area contributed by atoms with Gasteiger partial charge in [-0.1, -0.05) is 61.5 Å². The number of carboxylic acid groups (broad SMARTS) is 1. The topological polar surface area (TPSA) is 53.4 Å². The van der Waals surface area contributed by atoms with E-state index < -0.39 is 5.97 Å². The summed E-state index contributed by atoms with van der Waals surface area (Å²) < 4.78 is 0. The summed E-state index contributed by atoms with van der Waals surface area (Å²) in [7, 11) is 0. The molecule has 0 saturated carbocycles. The lowest BCUT2D eigenvalue weighted by Crippen LogP contribution is -2.22. The molecule has 0 aliphatic rings. The highest BCUT2D eigenvalue weighted by atomic mass is 32.1. The summed E-state index contributed by atoms with van der Waals surface area (Å²) in [4.78, 5) is 17.5. The van der Waals surface area contributed by atoms with Crippen molar-refractivity contribution in [1.29, 1.82) is 0 Å². The molecule has 0 aliphatic carbocycles. The maximum Gasteiger partial charge on any atom is 0.355 e. The van der Waals surface area contributed by atoms with E-state index in [2.05, 4.69) is 53.2 Å². The van der Waals surface area contributed by atoms with Crippen molar-refractivity contribution in [1.82, 2.24) is 9.88 Å². The van der Waals surface area contributed by atoms with Crippen molar-refractivity contribution < 1.29 is 9.90 Å². The fourth-order valence-corrected chi connectivity index (χ4v) is 3.44. The maximum atomic E-state index is 10.9. The van der Waals surface area contributed by atoms with Crippen molar-refractivity contribution >= 4 is 17.3 Å². The largest absolute Gasteiger partial charge is 0.476 e. The minimum Gasteiger partial charge on any atom is -0.476 e. The molecule has 1 heterocycles. The molecule has 0 bridgehead atoms. The van der Waals surface area contributed by atoms with Gasteiger partial charge in [0.25, 0.3) is 0 Å². The van der Waals surface area contributed by atoms with Crippen LogP contribution in [0.3, 0.4) is 0 Å². The highest BCUT2D eigenvalue weighted by molar-refractivity contribution is 7.13. The number of thiazole rings is 1. The van der Waals surface area contributed by atoms with Gasteiger partial charge >= 0.3 is 5.97 Å². The van der Waals surface area contributed by atoms with Crippen LogP contribution in [0.4, 0.5) is 0 Å². The van der Waals surface area contributed by atoms with Gasteiger partial charge in [-0.05, 0) is 17.7 Å². The Balaban J connectivity index is 1.67. The molecule has 3 aromatic rings. The predicted molar refractivity (Wildman–Crippen MR) is 101 cm³/mol. The molecule has 1 aromatic heterocycles. The van der Waals surface area contributed by atoms with E-state index >= 15 is 0 Å². The first-order valence-corrected chi connectivity index (χ1v) is 9.08. The molecule has 0 atom stereocenters. The molecule has 5 heteroatoms. The number of nitrogens with zero attached hydrogens (tertiary/aromatic N) is 2. The van der Waals surface area contributed by atoms with E-state index in [1.54, 1.807) is 5.38 Å². The second-order valence-electron chi connectivity index (χ2n) is 5.83. The van der Waals surface area contributed by atoms with E-state index in [0.29, 0.717) is 0 Å². The van der Waals surface area contributed by atoms with Crippen LogP contribution < -0.4 is 0 Å². The van der Waals surface area contributed by atoms with Crippen LogP contribution in [0.5, 0.6) is 0 Å². The number of hydrogen-bond donors (Lipinski definition) is 1. The van der Waals surface area contributed by atoms with Gasteiger partial charge in [0.15, 0.2) is 5.69 Å². The Bertz CT molecular complexity index is 828. The average Bonchev–Trinajstić information content (AvgIpc) is 3.13. The SMILES string of the molecule is CCN(Cc1ccccc1)Cc1ccc(-c2nc(C(=O)O)cs2)cc1. The first kappa shape index (κ1) is 17.3. The number of rotatable bonds is 7. The quantitative estimate of drug-likeness (QED) is 0.679. The van der Waals surface area contributed by atoms with Crippen LogP contribution in [0.25, 0.3) is 10.6 Å². The Morgan fingerprint density at radius 2 is 1.68 bits per heavy atom. The lowest BCUT2D eigenvalue weighted by Gasteiger charge is -2.20. The molecule has 3 rings (SSSR count). The molecular formula is C20H20N2O2S. The van der Waals surface area contributed by atoms with E-state index in [1.807, 2.05) is 18.2 Å². The van der Waals surface area contributed by atoms with E-state index in [1.165, 1.54) is 22.5 Å². The monoisotopic (exact) mass is 352 g/mol. The van der Waals surface area contributed by atoms with Crippen molar-refractivity contribution in [2.75, 3.05) is 6.54 Å². The lowest BCUT2D eigenvalue weighted by atomic mass is 10.1. The van der Waals surface area contributed by atoms with Crippen LogP contribution in [0.15, 0.2) is 60.0 Å². The fraction of sp³-hybridized carbons (Fsp3) is 0.200. The summed E-state index contributed by atoms with van der Waals surface area (Å²) in [5, 5.41) is 11.3. The van der Waals surface area contributed by atoms with E-state index in [4.69, 9.17) is 5.11 Å². The van der Waals surface area contributed by atoms with Crippen LogP contribution in [0, 0.1) is 0 Å². The molecule has 0 fully saturated rings. The number of aromatic carboxylic acids is 1. The van der Waals surface area contributed by atoms with Gasteiger partial charge in [0.1, 0.15) is 5.01 Å². The van der Waals surface area contributed by atoms with Gasteiger partial charge in [-0.25, -0.2) is 9.78 Å². The van der Waals surface area contributed by atoms with Crippen molar-refractivity contribution in [3.05, 3.63) is 76.8 Å². The Morgan fingerprint density at radius 1 is 1.04 bits per heavy atom. The molecule has 0 radical (unpaired) electrons. The van der Waals surface area contributed by atoms with Gasteiger partial charge in [0, 0.05) is 24.0 Å². The summed E-state index contributed by atoms with van der Waals surface area (Å²) in [6.45, 7) is 4.95. The van der Waals surface area contributed by atoms with E-state index in [-0.39, 0.29) is 5.69 Å². The highest BCUT2D eigenvalue weighted by Crippen LogP contribution is 2.24. The van der Waals surface area contributed by atoms with Crippen LogP contribution in [-0.2, 0) is 13.1 Å². The van der Waals surface area contributed by atoms with Crippen LogP contribution in [0.1, 0.15) is 28.5 Å². The molecule has 0 spiro atoms. The van der Waals surface area contributed by atoms with Gasteiger partial charge < -0.3 is 5.11 Å². The second-order valence-corrected chi connectivity index (χ2v) is 6.69. The molecule has 0 unspecified atom stereocenters. The number of carboxylic acids is 1. The van der Waals surface area contributed by atoms with Gasteiger partial charge in [-0.15, -0.1) is 11.3 Å². The van der Waals surface area contributed by atoms with Crippen LogP contribution in [0.2, 0.25) is 0 Å². The molecule has 25 heavy (non-hydrogen) atoms. The van der Waals surface area contributed by atoms with Crippen LogP contribution in [-0.4, -0.2) is 27.5 Å². The molecule has 4 nitrogen and oxygen atoms in total. The van der Waals surface area contributed by atoms with E-state index in [0.717, 1.165) is 30.2 Å². The Kier molecular flexibility index (Phi) is 5.58. The Labute approximate surface area is 151 Å². The maximum absolute atomic E-state index is 10.9. The summed E-state index contributed by atoms with van der Waals surface area (Å²) in [6, 6.07) is 18.7. The second kappa shape index (κ2) is 8.05. The van der Waals surface area contributed by atoms with Gasteiger partial charge in [0.2, 0.25) is 0 Å². The van der Waals surface area contributed by atoms with Gasteiger partial charge in [0.05, 0.1) is 0 Å². The molecule has 2 aromatic carbocycles. The summed E-state index contributed by atoms with van der Waals surface area (Å²) in [5.41, 5.74) is 3.60. The highest BCUT2D eigenvalue weighted by Gasteiger charge is 2.10. The number of aromatic nitrogens is 1. The summed E-state index contributed by atoms with van der Waals surface area (Å²) >= 11 is 1.35. The van der Waals surface area contributed by atoms with Crippen molar-refractivity contribution in [2.45, 2.75) is 20.0 Å². The standard InChI is InChI=1S/C20H20N2O2S/c1-2-22(12-15-6-4-3-5-7-15)13-16-8-10-17(11-9-16)19-21-18(14-25-19)20(23)24/h3-11,14H,2,12-13H2,1H3,(H,23,24). The van der Waals surface area contributed by atoms with Crippen molar-refractivity contribution in [3.63, 3.8) is 0 Å². The third-order valence-electron chi connectivity index (χ3n) is 4.03. The molecule has 0 aliphatic heterocycles. The number of carbonyl (C=O) groups is 1. The Hall–Kier alpha value is -2.50. The molecule has 0 saturated heterocycles. The van der Waals surface area contributed by atoms with Crippen molar-refractivity contribution in [3.8, 4) is 10.6 Å². The first-order chi connectivity index (χ1) is 12.2.